The van der Waals surface area contributed by atoms with Crippen LogP contribution in [0.2, 0.25) is 0 Å². The quantitative estimate of drug-likeness (QED) is 0.239. The third-order valence-electron chi connectivity index (χ3n) is 5.38. The lowest BCUT2D eigenvalue weighted by Crippen LogP contribution is -2.06. The summed E-state index contributed by atoms with van der Waals surface area (Å²) in [5, 5.41) is 9.41. The highest BCUT2D eigenvalue weighted by Gasteiger charge is 2.12. The normalized spacial score (nSPS) is 11.2. The van der Waals surface area contributed by atoms with Gasteiger partial charge in [0.15, 0.2) is 5.43 Å². The van der Waals surface area contributed by atoms with Crippen molar-refractivity contribution in [3.63, 3.8) is 0 Å². The third-order valence-corrected chi connectivity index (χ3v) is 5.38. The molecule has 0 saturated carbocycles. The predicted molar refractivity (Wildman–Crippen MR) is 130 cm³/mol. The highest BCUT2D eigenvalue weighted by Crippen LogP contribution is 2.23. The first-order valence-corrected chi connectivity index (χ1v) is 11.0. The first-order valence-electron chi connectivity index (χ1n) is 11.0. The van der Waals surface area contributed by atoms with E-state index in [1.807, 2.05) is 18.2 Å². The Morgan fingerprint density at radius 2 is 1.74 bits per heavy atom. The molecule has 1 heterocycles. The minimum absolute atomic E-state index is 0.138. The van der Waals surface area contributed by atoms with Gasteiger partial charge in [-0.3, -0.25) is 4.79 Å². The number of benzene rings is 3. The number of hydrogen-bond acceptors (Lipinski definition) is 4. The molecule has 0 bridgehead atoms. The van der Waals surface area contributed by atoms with Crippen molar-refractivity contribution in [3.8, 4) is 5.75 Å². The molecule has 0 amide bonds. The lowest BCUT2D eigenvalue weighted by Gasteiger charge is -2.08. The van der Waals surface area contributed by atoms with Crippen LogP contribution in [0.1, 0.15) is 40.1 Å². The number of aromatic carboxylic acids is 1. The molecule has 0 fully saturated rings. The molecule has 5 nitrogen and oxygen atoms in total. The smallest absolute Gasteiger partial charge is 0.371 e. The highest BCUT2D eigenvalue weighted by molar-refractivity contribution is 5.91. The van der Waals surface area contributed by atoms with E-state index >= 15 is 0 Å². The average molecular weight is 458 g/mol. The topological polar surface area (TPSA) is 76.7 Å². The van der Waals surface area contributed by atoms with Crippen LogP contribution < -0.4 is 10.2 Å². The number of halogens is 1. The summed E-state index contributed by atoms with van der Waals surface area (Å²) in [5.41, 5.74) is 1.76. The molecule has 0 aliphatic carbocycles. The van der Waals surface area contributed by atoms with Crippen LogP contribution in [-0.2, 0) is 6.42 Å². The van der Waals surface area contributed by atoms with E-state index in [0.717, 1.165) is 25.3 Å². The second-order valence-corrected chi connectivity index (χ2v) is 7.81. The number of fused-ring (bicyclic) bond motifs is 1. The maximum atomic E-state index is 14.6. The van der Waals surface area contributed by atoms with E-state index in [1.54, 1.807) is 42.5 Å². The van der Waals surface area contributed by atoms with Crippen LogP contribution in [0, 0.1) is 5.82 Å². The van der Waals surface area contributed by atoms with Gasteiger partial charge in [0, 0.05) is 23.3 Å². The minimum Gasteiger partial charge on any atom is -0.493 e. The Morgan fingerprint density at radius 3 is 2.50 bits per heavy atom. The van der Waals surface area contributed by atoms with Gasteiger partial charge in [-0.25, -0.2) is 9.18 Å². The summed E-state index contributed by atoms with van der Waals surface area (Å²) < 4.78 is 25.7. The molecule has 6 heteroatoms. The van der Waals surface area contributed by atoms with Gasteiger partial charge in [-0.05, 0) is 43.0 Å². The van der Waals surface area contributed by atoms with Crippen molar-refractivity contribution in [1.82, 2.24) is 0 Å². The van der Waals surface area contributed by atoms with Gasteiger partial charge in [-0.1, -0.05) is 54.6 Å². The zero-order valence-electron chi connectivity index (χ0n) is 18.4. The number of unbranched alkanes of at least 4 members (excludes halogenated alkanes) is 1. The molecule has 0 saturated heterocycles. The van der Waals surface area contributed by atoms with E-state index < -0.39 is 23.0 Å². The standard InChI is InChI=1S/C28H23FO5/c29-24-17-22(33-16-5-4-9-19-7-2-1-3-8-19)15-14-20(24)12-13-21-10-6-11-23-25(30)18-26(28(31)32)34-27(21)23/h1-3,6-8,10-15,17-18H,4-5,9,16H2,(H,31,32). The molecule has 4 aromatic rings. The molecular formula is C28H23FO5. The number of carboxylic acids is 1. The second kappa shape index (κ2) is 10.6. The minimum atomic E-state index is -1.33. The Morgan fingerprint density at radius 1 is 0.941 bits per heavy atom. The molecule has 4 rings (SSSR count). The number of carbonyl (C=O) groups is 1. The van der Waals surface area contributed by atoms with E-state index in [9.17, 15) is 14.0 Å². The molecule has 0 unspecified atom stereocenters. The number of ether oxygens (including phenoxy) is 1. The van der Waals surface area contributed by atoms with Crippen LogP contribution in [0.4, 0.5) is 4.39 Å². The fraction of sp³-hybridized carbons (Fsp3) is 0.143. The highest BCUT2D eigenvalue weighted by atomic mass is 19.1. The maximum absolute atomic E-state index is 14.6. The lowest BCUT2D eigenvalue weighted by atomic mass is 10.1. The molecule has 1 aromatic heterocycles. The van der Waals surface area contributed by atoms with Gasteiger partial charge in [0.05, 0.1) is 12.0 Å². The van der Waals surface area contributed by atoms with Crippen molar-refractivity contribution in [2.24, 2.45) is 0 Å². The molecule has 3 aromatic carbocycles. The Hall–Kier alpha value is -4.19. The van der Waals surface area contributed by atoms with E-state index in [4.69, 9.17) is 14.3 Å². The van der Waals surface area contributed by atoms with Gasteiger partial charge < -0.3 is 14.3 Å². The SMILES string of the molecule is O=C(O)c1cc(=O)c2cccc(C=Cc3ccc(OCCCCc4ccccc4)cc3F)c2o1. The zero-order chi connectivity index (χ0) is 23.9. The number of aryl methyl sites for hydroxylation is 1. The van der Waals surface area contributed by atoms with Gasteiger partial charge in [0.25, 0.3) is 0 Å². The predicted octanol–water partition coefficient (Wildman–Crippen LogP) is 6.20. The Balaban J connectivity index is 1.41. The zero-order valence-corrected chi connectivity index (χ0v) is 18.4. The Kier molecular flexibility index (Phi) is 7.18. The first kappa shape index (κ1) is 23.0. The summed E-state index contributed by atoms with van der Waals surface area (Å²) in [5.74, 6) is -1.78. The summed E-state index contributed by atoms with van der Waals surface area (Å²) in [6, 6.07) is 20.7. The van der Waals surface area contributed by atoms with Gasteiger partial charge in [-0.15, -0.1) is 0 Å². The summed E-state index contributed by atoms with van der Waals surface area (Å²) in [7, 11) is 0. The number of para-hydroxylation sites is 1. The molecule has 172 valence electrons. The molecule has 0 aliphatic rings. The summed E-state index contributed by atoms with van der Waals surface area (Å²) >= 11 is 0. The van der Waals surface area contributed by atoms with Crippen molar-refractivity contribution in [2.75, 3.05) is 6.61 Å². The molecule has 0 spiro atoms. The number of rotatable bonds is 9. The summed E-state index contributed by atoms with van der Waals surface area (Å²) in [6.45, 7) is 0.502. The van der Waals surface area contributed by atoms with Gasteiger partial charge in [0.1, 0.15) is 17.1 Å². The van der Waals surface area contributed by atoms with Gasteiger partial charge >= 0.3 is 5.97 Å². The van der Waals surface area contributed by atoms with E-state index in [1.165, 1.54) is 11.6 Å². The molecule has 1 N–H and O–H groups in total. The molecule has 0 aliphatic heterocycles. The molecule has 34 heavy (non-hydrogen) atoms. The van der Waals surface area contributed by atoms with E-state index in [0.29, 0.717) is 23.5 Å². The van der Waals surface area contributed by atoms with Crippen molar-refractivity contribution in [2.45, 2.75) is 19.3 Å². The van der Waals surface area contributed by atoms with Crippen molar-refractivity contribution < 1.29 is 23.4 Å². The maximum Gasteiger partial charge on any atom is 0.371 e. The number of hydrogen-bond donors (Lipinski definition) is 1. The third kappa shape index (κ3) is 5.59. The summed E-state index contributed by atoms with van der Waals surface area (Å²) in [4.78, 5) is 23.4. The fourth-order valence-corrected chi connectivity index (χ4v) is 3.61. The van der Waals surface area contributed by atoms with Crippen LogP contribution in [-0.4, -0.2) is 17.7 Å². The Bertz CT molecular complexity index is 1390. The first-order chi connectivity index (χ1) is 16.5. The van der Waals surface area contributed by atoms with Crippen LogP contribution in [0.5, 0.6) is 5.75 Å². The number of carboxylic acid groups (broad SMARTS) is 1. The van der Waals surface area contributed by atoms with Crippen LogP contribution >= 0.6 is 0 Å². The van der Waals surface area contributed by atoms with E-state index in [2.05, 4.69) is 12.1 Å². The fourth-order valence-electron chi connectivity index (χ4n) is 3.61. The largest absolute Gasteiger partial charge is 0.493 e. The second-order valence-electron chi connectivity index (χ2n) is 7.81. The van der Waals surface area contributed by atoms with Crippen molar-refractivity contribution in [1.29, 1.82) is 0 Å². The van der Waals surface area contributed by atoms with Crippen LogP contribution in [0.15, 0.2) is 82.0 Å². The van der Waals surface area contributed by atoms with Crippen LogP contribution in [0.25, 0.3) is 23.1 Å². The van der Waals surface area contributed by atoms with Gasteiger partial charge in [-0.2, -0.15) is 0 Å². The van der Waals surface area contributed by atoms with Crippen molar-refractivity contribution in [3.05, 3.63) is 111 Å². The van der Waals surface area contributed by atoms with E-state index in [-0.39, 0.29) is 11.0 Å². The monoisotopic (exact) mass is 458 g/mol. The van der Waals surface area contributed by atoms with Crippen molar-refractivity contribution >= 4 is 29.1 Å². The molecule has 0 atom stereocenters. The summed E-state index contributed by atoms with van der Waals surface area (Å²) in [6.07, 6.45) is 5.95. The van der Waals surface area contributed by atoms with Crippen LogP contribution in [0.3, 0.4) is 0 Å². The van der Waals surface area contributed by atoms with Gasteiger partial charge in [0.2, 0.25) is 5.76 Å². The molecular weight excluding hydrogens is 435 g/mol. The lowest BCUT2D eigenvalue weighted by molar-refractivity contribution is 0.0663. The average Bonchev–Trinajstić information content (AvgIpc) is 2.84. The Labute approximate surface area is 195 Å². The molecule has 0 radical (unpaired) electrons.